The second-order valence-electron chi connectivity index (χ2n) is 6.96. The Morgan fingerprint density at radius 3 is 2.07 bits per heavy atom. The van der Waals surface area contributed by atoms with E-state index < -0.39 is 15.8 Å². The Labute approximate surface area is 181 Å². The molecule has 3 N–H and O–H groups in total. The van der Waals surface area contributed by atoms with Crippen LogP contribution < -0.4 is 15.4 Å². The number of benzene rings is 3. The summed E-state index contributed by atoms with van der Waals surface area (Å²) < 4.78 is 40.9. The van der Waals surface area contributed by atoms with E-state index in [0.717, 1.165) is 17.8 Å². The van der Waals surface area contributed by atoms with E-state index >= 15 is 0 Å². The van der Waals surface area contributed by atoms with Gasteiger partial charge in [-0.1, -0.05) is 38.1 Å². The Kier molecular flexibility index (Phi) is 6.69. The highest BCUT2D eigenvalue weighted by Crippen LogP contribution is 2.25. The first-order valence-corrected chi connectivity index (χ1v) is 11.2. The van der Waals surface area contributed by atoms with Crippen molar-refractivity contribution in [2.45, 2.75) is 24.7 Å². The van der Waals surface area contributed by atoms with E-state index in [1.165, 1.54) is 17.7 Å². The van der Waals surface area contributed by atoms with Gasteiger partial charge in [-0.15, -0.1) is 0 Å². The second kappa shape index (κ2) is 9.23. The minimum absolute atomic E-state index is 0.0374. The summed E-state index contributed by atoms with van der Waals surface area (Å²) in [6.45, 7) is 4.25. The number of rotatable bonds is 6. The number of thiocarbonyl (C=S) groups is 1. The van der Waals surface area contributed by atoms with Crippen molar-refractivity contribution in [2.75, 3.05) is 15.4 Å². The highest BCUT2D eigenvalue weighted by atomic mass is 32.2. The van der Waals surface area contributed by atoms with Gasteiger partial charge in [-0.05, 0) is 72.2 Å². The van der Waals surface area contributed by atoms with Gasteiger partial charge < -0.3 is 10.6 Å². The normalized spacial score (nSPS) is 11.2. The zero-order chi connectivity index (χ0) is 21.7. The van der Waals surface area contributed by atoms with Crippen molar-refractivity contribution in [3.8, 4) is 0 Å². The second-order valence-corrected chi connectivity index (χ2v) is 9.05. The smallest absolute Gasteiger partial charge is 0.261 e. The number of nitrogens with one attached hydrogen (secondary N) is 3. The lowest BCUT2D eigenvalue weighted by molar-refractivity contribution is 0.599. The van der Waals surface area contributed by atoms with Crippen molar-refractivity contribution >= 4 is 44.4 Å². The van der Waals surface area contributed by atoms with E-state index in [1.807, 2.05) is 24.3 Å². The monoisotopic (exact) mass is 443 g/mol. The van der Waals surface area contributed by atoms with Gasteiger partial charge in [0.05, 0.1) is 16.3 Å². The molecule has 3 rings (SSSR count). The van der Waals surface area contributed by atoms with Gasteiger partial charge in [-0.2, -0.15) is 0 Å². The lowest BCUT2D eigenvalue weighted by atomic mass is 10.0. The van der Waals surface area contributed by atoms with Crippen molar-refractivity contribution in [2.24, 2.45) is 0 Å². The Balaban J connectivity index is 1.73. The van der Waals surface area contributed by atoms with Crippen LogP contribution in [0.3, 0.4) is 0 Å². The number of para-hydroxylation sites is 2. The summed E-state index contributed by atoms with van der Waals surface area (Å²) in [6, 6.07) is 19.3. The molecule has 0 bridgehead atoms. The predicted molar refractivity (Wildman–Crippen MR) is 124 cm³/mol. The van der Waals surface area contributed by atoms with Crippen LogP contribution >= 0.6 is 12.2 Å². The van der Waals surface area contributed by atoms with E-state index in [0.29, 0.717) is 22.4 Å². The van der Waals surface area contributed by atoms with Crippen LogP contribution in [0, 0.1) is 5.82 Å². The maximum absolute atomic E-state index is 13.1. The Hall–Kier alpha value is -2.97. The molecular formula is C22H22FN3O2S2. The Morgan fingerprint density at radius 2 is 1.47 bits per heavy atom. The molecule has 0 aliphatic heterocycles. The van der Waals surface area contributed by atoms with Crippen LogP contribution in [0.4, 0.5) is 21.5 Å². The maximum Gasteiger partial charge on any atom is 0.261 e. The molecule has 0 aliphatic carbocycles. The summed E-state index contributed by atoms with van der Waals surface area (Å²) in [7, 11) is -3.88. The largest absolute Gasteiger partial charge is 0.332 e. The molecule has 30 heavy (non-hydrogen) atoms. The topological polar surface area (TPSA) is 70.2 Å². The number of hydrogen-bond donors (Lipinski definition) is 3. The molecule has 8 heteroatoms. The molecule has 156 valence electrons. The lowest BCUT2D eigenvalue weighted by Gasteiger charge is -2.16. The van der Waals surface area contributed by atoms with Gasteiger partial charge in [0.25, 0.3) is 10.0 Å². The Bertz CT molecular complexity index is 1130. The SMILES string of the molecule is CC(C)c1ccc(NC(=S)Nc2ccccc2NS(=O)(=O)c2ccc(F)cc2)cc1. The number of hydrogen-bond acceptors (Lipinski definition) is 3. The summed E-state index contributed by atoms with van der Waals surface area (Å²) in [6.07, 6.45) is 0. The minimum atomic E-state index is -3.88. The van der Waals surface area contributed by atoms with Crippen molar-refractivity contribution < 1.29 is 12.8 Å². The van der Waals surface area contributed by atoms with Crippen molar-refractivity contribution in [3.05, 3.63) is 84.2 Å². The van der Waals surface area contributed by atoms with Gasteiger partial charge in [0.15, 0.2) is 5.11 Å². The number of sulfonamides is 1. The summed E-state index contributed by atoms with van der Waals surface area (Å²) in [5, 5.41) is 6.42. The molecule has 5 nitrogen and oxygen atoms in total. The zero-order valence-corrected chi connectivity index (χ0v) is 18.1. The Morgan fingerprint density at radius 1 is 0.867 bits per heavy atom. The van der Waals surface area contributed by atoms with Crippen LogP contribution in [-0.2, 0) is 10.0 Å². The van der Waals surface area contributed by atoms with Crippen LogP contribution in [0.15, 0.2) is 77.7 Å². The van der Waals surface area contributed by atoms with Crippen molar-refractivity contribution in [1.29, 1.82) is 0 Å². The molecule has 0 aliphatic rings. The average Bonchev–Trinajstić information content (AvgIpc) is 2.70. The standard InChI is InChI=1S/C22H22FN3O2S2/c1-15(2)16-7-11-18(12-8-16)24-22(29)25-20-5-3-4-6-21(20)26-30(27,28)19-13-9-17(23)10-14-19/h3-15,26H,1-2H3,(H2,24,25,29). The predicted octanol–water partition coefficient (Wildman–Crippen LogP) is 5.56. The van der Waals surface area contributed by atoms with Crippen molar-refractivity contribution in [1.82, 2.24) is 0 Å². The molecule has 3 aromatic rings. The van der Waals surface area contributed by atoms with Gasteiger partial charge in [0.1, 0.15) is 5.82 Å². The first kappa shape index (κ1) is 21.7. The molecule has 0 amide bonds. The third-order valence-corrected chi connectivity index (χ3v) is 5.96. The number of anilines is 3. The minimum Gasteiger partial charge on any atom is -0.332 e. The molecule has 3 aromatic carbocycles. The van der Waals surface area contributed by atoms with E-state index in [1.54, 1.807) is 24.3 Å². The summed E-state index contributed by atoms with van der Waals surface area (Å²) in [5.41, 5.74) is 2.85. The lowest BCUT2D eigenvalue weighted by Crippen LogP contribution is -2.21. The fourth-order valence-corrected chi connectivity index (χ4v) is 4.04. The molecular weight excluding hydrogens is 421 g/mol. The highest BCUT2D eigenvalue weighted by molar-refractivity contribution is 7.92. The zero-order valence-electron chi connectivity index (χ0n) is 16.5. The summed E-state index contributed by atoms with van der Waals surface area (Å²) >= 11 is 5.37. The van der Waals surface area contributed by atoms with Crippen LogP contribution in [0.1, 0.15) is 25.3 Å². The summed E-state index contributed by atoms with van der Waals surface area (Å²) in [4.78, 5) is -0.0374. The molecule has 0 aromatic heterocycles. The first-order chi connectivity index (χ1) is 14.2. The van der Waals surface area contributed by atoms with Crippen LogP contribution in [0.5, 0.6) is 0 Å². The highest BCUT2D eigenvalue weighted by Gasteiger charge is 2.16. The van der Waals surface area contributed by atoms with Crippen molar-refractivity contribution in [3.63, 3.8) is 0 Å². The van der Waals surface area contributed by atoms with Gasteiger partial charge in [0, 0.05) is 5.69 Å². The molecule has 0 saturated carbocycles. The van der Waals surface area contributed by atoms with Crippen LogP contribution in [0.25, 0.3) is 0 Å². The van der Waals surface area contributed by atoms with E-state index in [2.05, 4.69) is 29.2 Å². The third kappa shape index (κ3) is 5.55. The van der Waals surface area contributed by atoms with Gasteiger partial charge in [-0.25, -0.2) is 12.8 Å². The average molecular weight is 444 g/mol. The summed E-state index contributed by atoms with van der Waals surface area (Å²) in [5.74, 6) is -0.0704. The van der Waals surface area contributed by atoms with Gasteiger partial charge in [0.2, 0.25) is 0 Å². The molecule has 0 atom stereocenters. The molecule has 0 saturated heterocycles. The maximum atomic E-state index is 13.1. The van der Waals surface area contributed by atoms with Gasteiger partial charge >= 0.3 is 0 Å². The molecule has 0 unspecified atom stereocenters. The fraction of sp³-hybridized carbons (Fsp3) is 0.136. The number of halogens is 1. The van der Waals surface area contributed by atoms with Crippen LogP contribution in [0.2, 0.25) is 0 Å². The van der Waals surface area contributed by atoms with E-state index in [-0.39, 0.29) is 4.90 Å². The molecule has 0 radical (unpaired) electrons. The quantitative estimate of drug-likeness (QED) is 0.435. The first-order valence-electron chi connectivity index (χ1n) is 9.30. The van der Waals surface area contributed by atoms with E-state index in [9.17, 15) is 12.8 Å². The third-order valence-electron chi connectivity index (χ3n) is 4.38. The van der Waals surface area contributed by atoms with Gasteiger partial charge in [-0.3, -0.25) is 4.72 Å². The molecule has 0 spiro atoms. The molecule has 0 heterocycles. The van der Waals surface area contributed by atoms with Crippen LogP contribution in [-0.4, -0.2) is 13.5 Å². The van der Waals surface area contributed by atoms with E-state index in [4.69, 9.17) is 12.2 Å². The molecule has 0 fully saturated rings. The fourth-order valence-electron chi connectivity index (χ4n) is 2.73.